The molecule has 1 heterocycles. The van der Waals surface area contributed by atoms with Crippen LogP contribution in [0.25, 0.3) is 0 Å². The number of hydrogen-bond donors (Lipinski definition) is 0. The highest BCUT2D eigenvalue weighted by atomic mass is 16.6. The van der Waals surface area contributed by atoms with Crippen molar-refractivity contribution in [2.75, 3.05) is 0 Å². The first-order chi connectivity index (χ1) is 7.18. The molecule has 3 nitrogen and oxygen atoms in total. The molecule has 1 saturated heterocycles. The Balaban J connectivity index is 1.97. The van der Waals surface area contributed by atoms with Gasteiger partial charge < -0.3 is 4.74 Å². The monoisotopic (exact) mass is 210 g/mol. The lowest BCUT2D eigenvalue weighted by molar-refractivity contribution is -0.153. The van der Waals surface area contributed by atoms with Crippen molar-refractivity contribution in [3.05, 3.63) is 0 Å². The minimum atomic E-state index is -0.340. The number of esters is 2. The average Bonchev–Trinajstić information content (AvgIpc) is 2.58. The molecule has 0 radical (unpaired) electrons. The first kappa shape index (κ1) is 10.7. The third kappa shape index (κ3) is 2.21. The van der Waals surface area contributed by atoms with Gasteiger partial charge in [-0.2, -0.15) is 0 Å². The van der Waals surface area contributed by atoms with Crippen LogP contribution < -0.4 is 0 Å². The zero-order valence-electron chi connectivity index (χ0n) is 9.20. The lowest BCUT2D eigenvalue weighted by Gasteiger charge is -2.29. The van der Waals surface area contributed by atoms with Gasteiger partial charge in [-0.1, -0.05) is 39.0 Å². The van der Waals surface area contributed by atoms with E-state index in [1.165, 1.54) is 32.1 Å². The molecular formula is C12H18O3. The Kier molecular flexibility index (Phi) is 3.08. The van der Waals surface area contributed by atoms with Gasteiger partial charge in [0.2, 0.25) is 0 Å². The molecule has 1 saturated carbocycles. The number of cyclic esters (lactones) is 2. The number of carbonyl (C=O) groups excluding carboxylic acids is 2. The van der Waals surface area contributed by atoms with Gasteiger partial charge in [-0.05, 0) is 11.8 Å². The molecule has 2 fully saturated rings. The fourth-order valence-electron chi connectivity index (χ4n) is 2.88. The summed E-state index contributed by atoms with van der Waals surface area (Å²) in [4.78, 5) is 22.4. The van der Waals surface area contributed by atoms with Crippen LogP contribution in [0.4, 0.5) is 0 Å². The van der Waals surface area contributed by atoms with Gasteiger partial charge in [0.25, 0.3) is 0 Å². The lowest BCUT2D eigenvalue weighted by Crippen LogP contribution is -2.25. The molecule has 0 aromatic rings. The summed E-state index contributed by atoms with van der Waals surface area (Å²) in [5, 5.41) is 0. The Bertz CT molecular complexity index is 266. The molecule has 84 valence electrons. The van der Waals surface area contributed by atoms with Crippen molar-refractivity contribution >= 4 is 11.9 Å². The normalized spacial score (nSPS) is 30.3. The largest absolute Gasteiger partial charge is 0.393 e. The van der Waals surface area contributed by atoms with Gasteiger partial charge in [0.1, 0.15) is 0 Å². The Morgan fingerprint density at radius 1 is 1.20 bits per heavy atom. The summed E-state index contributed by atoms with van der Waals surface area (Å²) >= 11 is 0. The Morgan fingerprint density at radius 2 is 1.87 bits per heavy atom. The lowest BCUT2D eigenvalue weighted by atomic mass is 9.74. The Hall–Kier alpha value is -0.860. The molecule has 2 aliphatic rings. The van der Waals surface area contributed by atoms with E-state index in [4.69, 9.17) is 0 Å². The fourth-order valence-corrected chi connectivity index (χ4v) is 2.88. The van der Waals surface area contributed by atoms with Gasteiger partial charge in [-0.25, -0.2) is 0 Å². The maximum Gasteiger partial charge on any atom is 0.317 e. The summed E-state index contributed by atoms with van der Waals surface area (Å²) in [6.07, 6.45) is 6.57. The predicted molar refractivity (Wildman–Crippen MR) is 54.9 cm³/mol. The standard InChI is InChI=1S/C12H18O3/c1-8(9-5-3-2-4-6-9)10-7-11(13)15-12(10)14/h8-10H,2-7H2,1H3. The van der Waals surface area contributed by atoms with Gasteiger partial charge in [0.05, 0.1) is 12.3 Å². The highest BCUT2D eigenvalue weighted by Crippen LogP contribution is 2.37. The zero-order valence-corrected chi connectivity index (χ0v) is 9.20. The van der Waals surface area contributed by atoms with Crippen LogP contribution in [-0.4, -0.2) is 11.9 Å². The molecular weight excluding hydrogens is 192 g/mol. The highest BCUT2D eigenvalue weighted by Gasteiger charge is 2.40. The second kappa shape index (κ2) is 4.33. The topological polar surface area (TPSA) is 43.4 Å². The van der Waals surface area contributed by atoms with Gasteiger partial charge in [0.15, 0.2) is 0 Å². The van der Waals surface area contributed by atoms with Crippen LogP contribution in [0.2, 0.25) is 0 Å². The minimum Gasteiger partial charge on any atom is -0.393 e. The minimum absolute atomic E-state index is 0.166. The first-order valence-electron chi connectivity index (χ1n) is 5.93. The van der Waals surface area contributed by atoms with Crippen LogP contribution >= 0.6 is 0 Å². The van der Waals surface area contributed by atoms with E-state index in [-0.39, 0.29) is 17.9 Å². The number of ether oxygens (including phenoxy) is 1. The van der Waals surface area contributed by atoms with E-state index in [1.54, 1.807) is 0 Å². The quantitative estimate of drug-likeness (QED) is 0.519. The summed E-state index contributed by atoms with van der Waals surface area (Å²) in [7, 11) is 0. The van der Waals surface area contributed by atoms with Crippen molar-refractivity contribution in [1.29, 1.82) is 0 Å². The molecule has 0 N–H and O–H groups in total. The summed E-state index contributed by atoms with van der Waals surface area (Å²) < 4.78 is 4.61. The molecule has 0 amide bonds. The van der Waals surface area contributed by atoms with Crippen LogP contribution in [0, 0.1) is 17.8 Å². The predicted octanol–water partition coefficient (Wildman–Crippen LogP) is 2.29. The van der Waals surface area contributed by atoms with Gasteiger partial charge >= 0.3 is 11.9 Å². The van der Waals surface area contributed by atoms with E-state index in [0.717, 1.165) is 0 Å². The van der Waals surface area contributed by atoms with E-state index >= 15 is 0 Å². The molecule has 3 heteroatoms. The van der Waals surface area contributed by atoms with Crippen molar-refractivity contribution in [2.24, 2.45) is 17.8 Å². The van der Waals surface area contributed by atoms with Crippen LogP contribution in [0.3, 0.4) is 0 Å². The third-order valence-electron chi connectivity index (χ3n) is 3.93. The Labute approximate surface area is 90.2 Å². The van der Waals surface area contributed by atoms with E-state index in [1.807, 2.05) is 0 Å². The fraction of sp³-hybridized carbons (Fsp3) is 0.833. The second-order valence-electron chi connectivity index (χ2n) is 4.86. The first-order valence-corrected chi connectivity index (χ1v) is 5.93. The molecule has 2 rings (SSSR count). The van der Waals surface area contributed by atoms with E-state index in [2.05, 4.69) is 11.7 Å². The van der Waals surface area contributed by atoms with E-state index in [9.17, 15) is 9.59 Å². The zero-order chi connectivity index (χ0) is 10.8. The van der Waals surface area contributed by atoms with Crippen LogP contribution in [0.5, 0.6) is 0 Å². The van der Waals surface area contributed by atoms with E-state index in [0.29, 0.717) is 18.3 Å². The molecule has 2 atom stereocenters. The Morgan fingerprint density at radius 3 is 2.40 bits per heavy atom. The SMILES string of the molecule is CC(C1CCCCC1)C1CC(=O)OC1=O. The van der Waals surface area contributed by atoms with Gasteiger partial charge in [-0.3, -0.25) is 9.59 Å². The van der Waals surface area contributed by atoms with Gasteiger partial charge in [0, 0.05) is 0 Å². The highest BCUT2D eigenvalue weighted by molar-refractivity contribution is 5.94. The summed E-state index contributed by atoms with van der Waals surface area (Å²) in [6.45, 7) is 2.10. The molecule has 1 aliphatic heterocycles. The molecule has 0 bridgehead atoms. The smallest absolute Gasteiger partial charge is 0.317 e. The van der Waals surface area contributed by atoms with Crippen LogP contribution in [-0.2, 0) is 14.3 Å². The van der Waals surface area contributed by atoms with Crippen molar-refractivity contribution in [3.8, 4) is 0 Å². The van der Waals surface area contributed by atoms with Crippen molar-refractivity contribution < 1.29 is 14.3 Å². The van der Waals surface area contributed by atoms with Gasteiger partial charge in [-0.15, -0.1) is 0 Å². The van der Waals surface area contributed by atoms with Crippen molar-refractivity contribution in [2.45, 2.75) is 45.4 Å². The van der Waals surface area contributed by atoms with Crippen molar-refractivity contribution in [3.63, 3.8) is 0 Å². The van der Waals surface area contributed by atoms with Crippen LogP contribution in [0.15, 0.2) is 0 Å². The van der Waals surface area contributed by atoms with E-state index < -0.39 is 0 Å². The summed E-state index contributed by atoms with van der Waals surface area (Å²) in [5.74, 6) is 0.123. The molecule has 15 heavy (non-hydrogen) atoms. The molecule has 0 spiro atoms. The maximum atomic E-state index is 11.4. The summed E-state index contributed by atoms with van der Waals surface area (Å²) in [6, 6.07) is 0. The number of hydrogen-bond acceptors (Lipinski definition) is 3. The second-order valence-corrected chi connectivity index (χ2v) is 4.86. The average molecular weight is 210 g/mol. The molecule has 2 unspecified atom stereocenters. The summed E-state index contributed by atoms with van der Waals surface area (Å²) in [5.41, 5.74) is 0. The maximum absolute atomic E-state index is 11.4. The number of rotatable bonds is 2. The number of carbonyl (C=O) groups is 2. The molecule has 0 aromatic heterocycles. The molecule has 0 aromatic carbocycles. The third-order valence-corrected chi connectivity index (χ3v) is 3.93. The van der Waals surface area contributed by atoms with Crippen LogP contribution in [0.1, 0.15) is 45.4 Å². The van der Waals surface area contributed by atoms with Crippen molar-refractivity contribution in [1.82, 2.24) is 0 Å². The molecule has 1 aliphatic carbocycles.